The number of benzene rings is 1. The van der Waals surface area contributed by atoms with Crippen molar-refractivity contribution in [2.24, 2.45) is 0 Å². The number of ether oxygens (including phenoxy) is 1. The molecule has 0 fully saturated rings. The predicted molar refractivity (Wildman–Crippen MR) is 96.4 cm³/mol. The van der Waals surface area contributed by atoms with Gasteiger partial charge >= 0.3 is 0 Å². The fourth-order valence-corrected chi connectivity index (χ4v) is 2.64. The van der Waals surface area contributed by atoms with Crippen molar-refractivity contribution >= 4 is 5.91 Å². The van der Waals surface area contributed by atoms with E-state index < -0.39 is 0 Å². The Hall–Kier alpha value is -3.00. The number of imidazole rings is 1. The lowest BCUT2D eigenvalue weighted by molar-refractivity contribution is 0.0944. The molecule has 0 unspecified atom stereocenters. The average Bonchev–Trinajstić information content (AvgIpc) is 3.27. The number of nitrogens with zero attached hydrogens (tertiary/aromatic N) is 4. The second-order valence-corrected chi connectivity index (χ2v) is 5.89. The van der Waals surface area contributed by atoms with E-state index in [4.69, 9.17) is 4.74 Å². The van der Waals surface area contributed by atoms with Crippen molar-refractivity contribution in [3.63, 3.8) is 0 Å². The van der Waals surface area contributed by atoms with Gasteiger partial charge in [0, 0.05) is 31.5 Å². The van der Waals surface area contributed by atoms with Crippen LogP contribution >= 0.6 is 0 Å². The van der Waals surface area contributed by atoms with E-state index in [9.17, 15) is 4.79 Å². The Morgan fingerprint density at radius 2 is 2.12 bits per heavy atom. The van der Waals surface area contributed by atoms with E-state index in [0.29, 0.717) is 30.5 Å². The van der Waals surface area contributed by atoms with Crippen LogP contribution in [0.3, 0.4) is 0 Å². The molecule has 1 amide bonds. The molecule has 2 aromatic heterocycles. The van der Waals surface area contributed by atoms with E-state index in [1.807, 2.05) is 41.8 Å². The largest absolute Gasteiger partial charge is 0.385 e. The summed E-state index contributed by atoms with van der Waals surface area (Å²) in [5.74, 6) is 1.13. The molecule has 2 N–H and O–H groups in total. The Balaban J connectivity index is 1.64. The van der Waals surface area contributed by atoms with Gasteiger partial charge < -0.3 is 19.6 Å². The number of aromatic amines is 1. The minimum absolute atomic E-state index is 0.243. The topological polar surface area (TPSA) is 97.7 Å². The maximum atomic E-state index is 12.5. The van der Waals surface area contributed by atoms with Crippen LogP contribution in [-0.2, 0) is 17.8 Å². The Labute approximate surface area is 151 Å². The summed E-state index contributed by atoms with van der Waals surface area (Å²) in [6, 6.07) is 9.70. The van der Waals surface area contributed by atoms with E-state index in [0.717, 1.165) is 24.2 Å². The maximum absolute atomic E-state index is 12.5. The molecule has 8 nitrogen and oxygen atoms in total. The highest BCUT2D eigenvalue weighted by Gasteiger charge is 2.16. The number of nitrogens with one attached hydrogen (secondary N) is 2. The lowest BCUT2D eigenvalue weighted by atomic mass is 10.2. The van der Waals surface area contributed by atoms with Crippen molar-refractivity contribution in [1.29, 1.82) is 0 Å². The van der Waals surface area contributed by atoms with Crippen molar-refractivity contribution < 1.29 is 9.53 Å². The molecule has 0 aliphatic carbocycles. The van der Waals surface area contributed by atoms with Crippen LogP contribution in [0.4, 0.5) is 0 Å². The van der Waals surface area contributed by atoms with Gasteiger partial charge in [0.2, 0.25) is 0 Å². The molecule has 0 aliphatic rings. The predicted octanol–water partition coefficient (Wildman–Crippen LogP) is 1.94. The Morgan fingerprint density at radius 1 is 1.31 bits per heavy atom. The summed E-state index contributed by atoms with van der Waals surface area (Å²) >= 11 is 0. The second-order valence-electron chi connectivity index (χ2n) is 5.89. The summed E-state index contributed by atoms with van der Waals surface area (Å²) < 4.78 is 6.96. The summed E-state index contributed by atoms with van der Waals surface area (Å²) in [4.78, 5) is 20.1. The van der Waals surface area contributed by atoms with Gasteiger partial charge in [-0.15, -0.1) is 10.2 Å². The Morgan fingerprint density at radius 3 is 2.88 bits per heavy atom. The second kappa shape index (κ2) is 8.39. The minimum atomic E-state index is -0.243. The van der Waals surface area contributed by atoms with Crippen LogP contribution in [0, 0.1) is 6.92 Å². The van der Waals surface area contributed by atoms with Gasteiger partial charge in [0.25, 0.3) is 5.91 Å². The smallest absolute Gasteiger partial charge is 0.272 e. The molecule has 1 aromatic carbocycles. The van der Waals surface area contributed by atoms with E-state index in [1.165, 1.54) is 0 Å². The first-order valence-electron chi connectivity index (χ1n) is 8.45. The van der Waals surface area contributed by atoms with Crippen LogP contribution in [0.1, 0.15) is 28.4 Å². The number of aryl methyl sites for hydroxylation is 2. The first kappa shape index (κ1) is 17.8. The van der Waals surface area contributed by atoms with Crippen LogP contribution in [0.5, 0.6) is 0 Å². The zero-order valence-electron chi connectivity index (χ0n) is 14.9. The quantitative estimate of drug-likeness (QED) is 0.603. The third kappa shape index (κ3) is 4.15. The number of hydrogen-bond donors (Lipinski definition) is 2. The highest BCUT2D eigenvalue weighted by Crippen LogP contribution is 2.17. The van der Waals surface area contributed by atoms with Gasteiger partial charge in [-0.2, -0.15) is 0 Å². The number of amides is 1. The molecule has 0 bridgehead atoms. The third-order valence-electron chi connectivity index (χ3n) is 4.00. The molecule has 0 saturated carbocycles. The molecule has 3 rings (SSSR count). The molecule has 26 heavy (non-hydrogen) atoms. The lowest BCUT2D eigenvalue weighted by Gasteiger charge is -2.07. The number of carbonyl (C=O) groups excluding carboxylic acids is 1. The molecule has 0 atom stereocenters. The summed E-state index contributed by atoms with van der Waals surface area (Å²) in [7, 11) is 1.67. The highest BCUT2D eigenvalue weighted by molar-refractivity contribution is 5.94. The highest BCUT2D eigenvalue weighted by atomic mass is 16.5. The molecule has 8 heteroatoms. The van der Waals surface area contributed by atoms with E-state index in [2.05, 4.69) is 25.5 Å². The van der Waals surface area contributed by atoms with Crippen LogP contribution in [0.25, 0.3) is 11.4 Å². The summed E-state index contributed by atoms with van der Waals surface area (Å²) in [6.45, 7) is 3.53. The molecule has 2 heterocycles. The van der Waals surface area contributed by atoms with E-state index >= 15 is 0 Å². The number of carbonyl (C=O) groups is 1. The first-order valence-corrected chi connectivity index (χ1v) is 8.45. The van der Waals surface area contributed by atoms with Gasteiger partial charge in [0.1, 0.15) is 17.8 Å². The SMILES string of the molecule is COCCCn1cnnc1CNC(=O)c1nc(-c2ccccc2)[nH]c1C. The number of hydrogen-bond acceptors (Lipinski definition) is 5. The number of methoxy groups -OCH3 is 1. The standard InChI is InChI=1S/C18H22N6O2/c1-13-16(22-17(21-13)14-7-4-3-5-8-14)18(25)19-11-15-23-20-12-24(15)9-6-10-26-2/h3-5,7-8,12H,6,9-11H2,1-2H3,(H,19,25)(H,21,22). The van der Waals surface area contributed by atoms with Crippen molar-refractivity contribution in [2.45, 2.75) is 26.4 Å². The van der Waals surface area contributed by atoms with E-state index in [1.54, 1.807) is 13.4 Å². The van der Waals surface area contributed by atoms with Gasteiger partial charge in [-0.3, -0.25) is 4.79 Å². The molecule has 0 aliphatic heterocycles. The zero-order chi connectivity index (χ0) is 18.4. The monoisotopic (exact) mass is 354 g/mol. The van der Waals surface area contributed by atoms with Gasteiger partial charge in [0.05, 0.1) is 6.54 Å². The maximum Gasteiger partial charge on any atom is 0.272 e. The molecule has 0 radical (unpaired) electrons. The molecular weight excluding hydrogens is 332 g/mol. The van der Waals surface area contributed by atoms with Crippen LogP contribution in [-0.4, -0.2) is 44.4 Å². The number of rotatable bonds is 8. The normalized spacial score (nSPS) is 10.8. The van der Waals surface area contributed by atoms with Crippen molar-refractivity contribution in [2.75, 3.05) is 13.7 Å². The first-order chi connectivity index (χ1) is 12.7. The molecule has 136 valence electrons. The van der Waals surface area contributed by atoms with Crippen LogP contribution < -0.4 is 5.32 Å². The van der Waals surface area contributed by atoms with Crippen LogP contribution in [0.2, 0.25) is 0 Å². The Kier molecular flexibility index (Phi) is 5.75. The minimum Gasteiger partial charge on any atom is -0.385 e. The molecule has 0 saturated heterocycles. The van der Waals surface area contributed by atoms with Gasteiger partial charge in [-0.25, -0.2) is 4.98 Å². The molecular formula is C18H22N6O2. The van der Waals surface area contributed by atoms with Gasteiger partial charge in [-0.05, 0) is 13.3 Å². The number of H-pyrrole nitrogens is 1. The molecule has 0 spiro atoms. The van der Waals surface area contributed by atoms with Gasteiger partial charge in [0.15, 0.2) is 5.82 Å². The van der Waals surface area contributed by atoms with Crippen molar-refractivity contribution in [3.05, 3.63) is 53.9 Å². The summed E-state index contributed by atoms with van der Waals surface area (Å²) in [6.07, 6.45) is 2.51. The fourth-order valence-electron chi connectivity index (χ4n) is 2.64. The fraction of sp³-hybridized carbons (Fsp3) is 0.333. The Bertz CT molecular complexity index is 856. The average molecular weight is 354 g/mol. The van der Waals surface area contributed by atoms with E-state index in [-0.39, 0.29) is 5.91 Å². The summed E-state index contributed by atoms with van der Waals surface area (Å²) in [5, 5.41) is 10.8. The van der Waals surface area contributed by atoms with Crippen molar-refractivity contribution in [3.8, 4) is 11.4 Å². The molecule has 3 aromatic rings. The lowest BCUT2D eigenvalue weighted by Crippen LogP contribution is -2.25. The number of aromatic nitrogens is 5. The van der Waals surface area contributed by atoms with Crippen LogP contribution in [0.15, 0.2) is 36.7 Å². The third-order valence-corrected chi connectivity index (χ3v) is 4.00. The van der Waals surface area contributed by atoms with Crippen molar-refractivity contribution in [1.82, 2.24) is 30.0 Å². The zero-order valence-corrected chi connectivity index (χ0v) is 14.9. The summed E-state index contributed by atoms with van der Waals surface area (Å²) in [5.41, 5.74) is 2.05. The van der Waals surface area contributed by atoms with Gasteiger partial charge in [-0.1, -0.05) is 30.3 Å².